The molecular formula is C14H8O2Se3. The molecule has 0 aliphatic rings. The molecule has 3 heterocycles. The van der Waals surface area contributed by atoms with Crippen molar-refractivity contribution in [2.24, 2.45) is 0 Å². The van der Waals surface area contributed by atoms with Crippen molar-refractivity contribution in [2.45, 2.75) is 0 Å². The molecule has 0 fully saturated rings. The van der Waals surface area contributed by atoms with E-state index in [1.54, 1.807) is 0 Å². The predicted molar refractivity (Wildman–Crippen MR) is 78.9 cm³/mol. The fourth-order valence-corrected chi connectivity index (χ4v) is 8.85. The molecule has 0 aliphatic heterocycles. The zero-order chi connectivity index (χ0) is 13.2. The van der Waals surface area contributed by atoms with Crippen LogP contribution in [0.25, 0.3) is 17.7 Å². The van der Waals surface area contributed by atoms with Crippen molar-refractivity contribution in [1.82, 2.24) is 0 Å². The third kappa shape index (κ3) is 2.51. The summed E-state index contributed by atoms with van der Waals surface area (Å²) in [6.45, 7) is 0. The van der Waals surface area contributed by atoms with Crippen LogP contribution in [-0.2, 0) is 0 Å². The van der Waals surface area contributed by atoms with Gasteiger partial charge in [-0.25, -0.2) is 0 Å². The Bertz CT molecular complexity index is 720. The van der Waals surface area contributed by atoms with Gasteiger partial charge < -0.3 is 0 Å². The van der Waals surface area contributed by atoms with Gasteiger partial charge >= 0.3 is 129 Å². The fraction of sp³-hybridized carbons (Fsp3) is 0. The molecule has 0 N–H and O–H groups in total. The van der Waals surface area contributed by atoms with Gasteiger partial charge in [-0.3, -0.25) is 0 Å². The van der Waals surface area contributed by atoms with Crippen LogP contribution in [0.5, 0.6) is 0 Å². The summed E-state index contributed by atoms with van der Waals surface area (Å²) in [6, 6.07) is 8.62. The van der Waals surface area contributed by atoms with Gasteiger partial charge in [0.05, 0.1) is 0 Å². The molecule has 94 valence electrons. The summed E-state index contributed by atoms with van der Waals surface area (Å²) >= 11 is 0.861. The van der Waals surface area contributed by atoms with Crippen molar-refractivity contribution < 1.29 is 9.59 Å². The summed E-state index contributed by atoms with van der Waals surface area (Å²) in [5, 5.41) is 0. The van der Waals surface area contributed by atoms with Gasteiger partial charge in [0.1, 0.15) is 0 Å². The number of hydrogen-bond donors (Lipinski definition) is 0. The van der Waals surface area contributed by atoms with E-state index < -0.39 is 0 Å². The molecule has 0 bridgehead atoms. The number of carbonyl (C=O) groups is 2. The van der Waals surface area contributed by atoms with Gasteiger partial charge in [-0.2, -0.15) is 0 Å². The van der Waals surface area contributed by atoms with E-state index in [1.807, 2.05) is 4.94 Å². The molecule has 0 unspecified atom stereocenters. The molecule has 19 heavy (non-hydrogen) atoms. The van der Waals surface area contributed by atoms with E-state index in [0.29, 0.717) is 25.6 Å². The second kappa shape index (κ2) is 5.76. The van der Waals surface area contributed by atoms with Crippen LogP contribution in [0, 0.1) is 0 Å². The first-order valence-electron chi connectivity index (χ1n) is 5.49. The normalized spacial score (nSPS) is 10.5. The van der Waals surface area contributed by atoms with E-state index >= 15 is 0 Å². The zero-order valence-electron chi connectivity index (χ0n) is 9.66. The number of aldehydes is 2. The van der Waals surface area contributed by atoms with Crippen LogP contribution in [0.1, 0.15) is 20.7 Å². The quantitative estimate of drug-likeness (QED) is 0.454. The van der Waals surface area contributed by atoms with Gasteiger partial charge in [-0.15, -0.1) is 0 Å². The van der Waals surface area contributed by atoms with Gasteiger partial charge in [0.2, 0.25) is 0 Å². The summed E-state index contributed by atoms with van der Waals surface area (Å²) in [5.41, 5.74) is 1.18. The van der Waals surface area contributed by atoms with Crippen LogP contribution >= 0.6 is 0 Å². The van der Waals surface area contributed by atoms with Gasteiger partial charge in [-0.1, -0.05) is 0 Å². The van der Waals surface area contributed by atoms with Gasteiger partial charge in [0, 0.05) is 0 Å². The Morgan fingerprint density at radius 2 is 1.74 bits per heavy atom. The molecule has 0 radical (unpaired) electrons. The molecule has 0 amide bonds. The molecule has 2 nitrogen and oxygen atoms in total. The first-order chi connectivity index (χ1) is 9.33. The fourth-order valence-electron chi connectivity index (χ4n) is 1.80. The third-order valence-corrected chi connectivity index (χ3v) is 10.5. The molecule has 0 aliphatic carbocycles. The van der Waals surface area contributed by atoms with Crippen LogP contribution in [0.15, 0.2) is 34.1 Å². The third-order valence-electron chi connectivity index (χ3n) is 2.70. The van der Waals surface area contributed by atoms with E-state index in [-0.39, 0.29) is 29.0 Å². The summed E-state index contributed by atoms with van der Waals surface area (Å²) in [4.78, 5) is 26.2. The van der Waals surface area contributed by atoms with Gasteiger partial charge in [0.15, 0.2) is 0 Å². The Hall–Kier alpha value is -0.662. The minimum atomic E-state index is 0.122. The predicted octanol–water partition coefficient (Wildman–Crippen LogP) is 1.82. The van der Waals surface area contributed by atoms with Crippen LogP contribution in [0.3, 0.4) is 0 Å². The van der Waals surface area contributed by atoms with Crippen molar-refractivity contribution in [3.8, 4) is 17.7 Å². The maximum atomic E-state index is 11.2. The van der Waals surface area contributed by atoms with Crippen LogP contribution in [-0.4, -0.2) is 56.1 Å². The standard InChI is InChI=1S/C14H8O2Se3/c15-6-9-8-18-14(10(9)7-16)13-4-3-12(19-13)11-2-1-5-17-11/h1-8H. The molecule has 3 aromatic heterocycles. The van der Waals surface area contributed by atoms with Crippen molar-refractivity contribution in [3.05, 3.63) is 45.3 Å². The topological polar surface area (TPSA) is 34.1 Å². The molecule has 0 atom stereocenters. The number of rotatable bonds is 4. The van der Waals surface area contributed by atoms with E-state index in [4.69, 9.17) is 0 Å². The summed E-state index contributed by atoms with van der Waals surface area (Å²) in [5.74, 6) is 0. The minimum absolute atomic E-state index is 0.122. The zero-order valence-corrected chi connectivity index (χ0v) is 14.8. The van der Waals surface area contributed by atoms with Crippen LogP contribution in [0.4, 0.5) is 0 Å². The molecule has 0 aromatic carbocycles. The molecule has 3 rings (SSSR count). The molecule has 5 heteroatoms. The van der Waals surface area contributed by atoms with E-state index in [0.717, 1.165) is 17.0 Å². The SMILES string of the molecule is O=Cc1c[se]c(-c2ccc(-c3ccc[se]3)[se]2)c1C=O. The molecule has 3 aromatic rings. The monoisotopic (exact) mass is 448 g/mol. The second-order valence-electron chi connectivity index (χ2n) is 3.81. The second-order valence-corrected chi connectivity index (χ2v) is 9.92. The van der Waals surface area contributed by atoms with Crippen molar-refractivity contribution in [1.29, 1.82) is 0 Å². The molecule has 0 spiro atoms. The molecule has 0 saturated carbocycles. The maximum absolute atomic E-state index is 11.2. The summed E-state index contributed by atoms with van der Waals surface area (Å²) < 4.78 is 5.23. The number of carbonyl (C=O) groups excluding carboxylic acids is 2. The molecule has 0 saturated heterocycles. The molecular weight excluding hydrogens is 437 g/mol. The van der Waals surface area contributed by atoms with E-state index in [9.17, 15) is 9.59 Å². The number of hydrogen-bond acceptors (Lipinski definition) is 2. The Morgan fingerprint density at radius 3 is 2.42 bits per heavy atom. The van der Waals surface area contributed by atoms with Gasteiger partial charge in [0.25, 0.3) is 0 Å². The Labute approximate surface area is 128 Å². The van der Waals surface area contributed by atoms with Crippen LogP contribution in [0.2, 0.25) is 0 Å². The Morgan fingerprint density at radius 1 is 0.895 bits per heavy atom. The first-order valence-corrected chi connectivity index (χ1v) is 10.9. The van der Waals surface area contributed by atoms with Crippen molar-refractivity contribution in [2.75, 3.05) is 0 Å². The Kier molecular flexibility index (Phi) is 4.04. The average molecular weight is 445 g/mol. The van der Waals surface area contributed by atoms with Crippen molar-refractivity contribution >= 4 is 56.1 Å². The summed E-state index contributed by atoms with van der Waals surface area (Å²) in [7, 11) is 0. The Balaban J connectivity index is 2.06. The summed E-state index contributed by atoms with van der Waals surface area (Å²) in [6.07, 6.45) is 1.63. The first kappa shape index (κ1) is 13.3. The van der Waals surface area contributed by atoms with Crippen LogP contribution < -0.4 is 0 Å². The van der Waals surface area contributed by atoms with Crippen molar-refractivity contribution in [3.63, 3.8) is 0 Å². The van der Waals surface area contributed by atoms with Gasteiger partial charge in [-0.05, 0) is 0 Å². The van der Waals surface area contributed by atoms with E-state index in [1.165, 1.54) is 13.3 Å². The van der Waals surface area contributed by atoms with E-state index in [2.05, 4.69) is 29.2 Å². The average Bonchev–Trinajstić information content (AvgIpc) is 3.16.